The first-order valence-corrected chi connectivity index (χ1v) is 17.6. The van der Waals surface area contributed by atoms with Gasteiger partial charge in [0.05, 0.1) is 31.8 Å². The lowest BCUT2D eigenvalue weighted by Crippen LogP contribution is -2.29. The van der Waals surface area contributed by atoms with Crippen LogP contribution in [0.4, 0.5) is 0 Å². The molecule has 8 heteroatoms. The van der Waals surface area contributed by atoms with Crippen molar-refractivity contribution in [1.82, 2.24) is 0 Å². The lowest BCUT2D eigenvalue weighted by Gasteiger charge is -2.34. The lowest BCUT2D eigenvalue weighted by atomic mass is 9.67. The molecule has 0 amide bonds. The molecule has 0 saturated carbocycles. The predicted octanol–water partition coefficient (Wildman–Crippen LogP) is 6.65. The molecule has 0 atom stereocenters. The van der Waals surface area contributed by atoms with Crippen LogP contribution in [-0.4, -0.2) is 73.3 Å². The van der Waals surface area contributed by atoms with Crippen LogP contribution in [0.5, 0.6) is 23.0 Å². The first kappa shape index (κ1) is 36.2. The topological polar surface area (TPSA) is 118 Å². The van der Waals surface area contributed by atoms with Crippen molar-refractivity contribution < 1.29 is 39.4 Å². The van der Waals surface area contributed by atoms with Crippen molar-refractivity contribution >= 4 is 0 Å². The fraction of sp³-hybridized carbons (Fsp3) is 0.415. The highest BCUT2D eigenvalue weighted by Gasteiger charge is 2.46. The van der Waals surface area contributed by atoms with Crippen molar-refractivity contribution in [2.45, 2.75) is 56.8 Å². The van der Waals surface area contributed by atoms with E-state index in [2.05, 4.69) is 72.8 Å². The molecular weight excluding hydrogens is 620 g/mol. The van der Waals surface area contributed by atoms with Gasteiger partial charge in [0, 0.05) is 26.4 Å². The Hall–Kier alpha value is -4.08. The molecule has 4 N–H and O–H groups in total. The molecule has 0 bridgehead atoms. The van der Waals surface area contributed by atoms with E-state index in [-0.39, 0.29) is 26.4 Å². The smallest absolute Gasteiger partial charge is 0.161 e. The SMILES string of the molecule is OCCCCOc1ccc(C2(c3ccc(OCCCCO)c(OCCCCO)c3)c3ccccc3-c3ccccc32)cc1OCCCCO. The molecule has 49 heavy (non-hydrogen) atoms. The average molecular weight is 671 g/mol. The summed E-state index contributed by atoms with van der Waals surface area (Å²) in [5, 5.41) is 37.3. The average Bonchev–Trinajstić information content (AvgIpc) is 3.44. The van der Waals surface area contributed by atoms with Crippen LogP contribution >= 0.6 is 0 Å². The fourth-order valence-corrected chi connectivity index (χ4v) is 6.55. The molecule has 1 aliphatic carbocycles. The van der Waals surface area contributed by atoms with Crippen molar-refractivity contribution in [2.75, 3.05) is 52.9 Å². The summed E-state index contributed by atoms with van der Waals surface area (Å²) in [6.07, 6.45) is 5.47. The number of unbranched alkanes of at least 4 members (excludes halogenated alkanes) is 4. The lowest BCUT2D eigenvalue weighted by molar-refractivity contribution is 0.231. The Morgan fingerprint density at radius 1 is 0.388 bits per heavy atom. The summed E-state index contributed by atoms with van der Waals surface area (Å²) in [7, 11) is 0. The number of hydrogen-bond donors (Lipinski definition) is 4. The van der Waals surface area contributed by atoms with Gasteiger partial charge in [0.1, 0.15) is 0 Å². The Labute approximate surface area is 289 Å². The summed E-state index contributed by atoms with van der Waals surface area (Å²) in [5.41, 5.74) is 5.87. The Bertz CT molecular complexity index is 1480. The number of rotatable bonds is 22. The maximum atomic E-state index is 9.37. The van der Waals surface area contributed by atoms with Crippen molar-refractivity contribution in [3.05, 3.63) is 107 Å². The molecule has 0 unspecified atom stereocenters. The zero-order valence-corrected chi connectivity index (χ0v) is 28.3. The van der Waals surface area contributed by atoms with Gasteiger partial charge in [-0.25, -0.2) is 0 Å². The summed E-state index contributed by atoms with van der Waals surface area (Å²) in [6, 6.07) is 29.4. The molecule has 262 valence electrons. The van der Waals surface area contributed by atoms with E-state index in [9.17, 15) is 20.4 Å². The molecule has 8 nitrogen and oxygen atoms in total. The Morgan fingerprint density at radius 2 is 0.735 bits per heavy atom. The van der Waals surface area contributed by atoms with Gasteiger partial charge >= 0.3 is 0 Å². The van der Waals surface area contributed by atoms with Gasteiger partial charge in [-0.3, -0.25) is 0 Å². The van der Waals surface area contributed by atoms with Crippen molar-refractivity contribution in [3.63, 3.8) is 0 Å². The van der Waals surface area contributed by atoms with Gasteiger partial charge in [-0.05, 0) is 109 Å². The number of ether oxygens (including phenoxy) is 4. The van der Waals surface area contributed by atoms with Gasteiger partial charge < -0.3 is 39.4 Å². The molecule has 0 fully saturated rings. The minimum absolute atomic E-state index is 0.107. The van der Waals surface area contributed by atoms with Crippen LogP contribution in [0.25, 0.3) is 11.1 Å². The van der Waals surface area contributed by atoms with Gasteiger partial charge in [-0.15, -0.1) is 0 Å². The van der Waals surface area contributed by atoms with Gasteiger partial charge in [-0.2, -0.15) is 0 Å². The Kier molecular flexibility index (Phi) is 13.8. The Morgan fingerprint density at radius 3 is 1.10 bits per heavy atom. The summed E-state index contributed by atoms with van der Waals surface area (Å²) in [4.78, 5) is 0. The molecule has 0 spiro atoms. The minimum atomic E-state index is -0.732. The first-order chi connectivity index (χ1) is 24.2. The molecule has 0 saturated heterocycles. The van der Waals surface area contributed by atoms with Crippen molar-refractivity contribution in [1.29, 1.82) is 0 Å². The second-order valence-electron chi connectivity index (χ2n) is 12.3. The van der Waals surface area contributed by atoms with Gasteiger partial charge in [0.25, 0.3) is 0 Å². The normalized spacial score (nSPS) is 12.7. The third-order valence-corrected chi connectivity index (χ3v) is 8.95. The third kappa shape index (κ3) is 8.39. The maximum absolute atomic E-state index is 9.37. The summed E-state index contributed by atoms with van der Waals surface area (Å²) >= 11 is 0. The van der Waals surface area contributed by atoms with Crippen LogP contribution in [0.3, 0.4) is 0 Å². The zero-order valence-electron chi connectivity index (χ0n) is 28.3. The van der Waals surface area contributed by atoms with E-state index in [4.69, 9.17) is 18.9 Å². The number of aliphatic hydroxyl groups is 4. The highest BCUT2D eigenvalue weighted by molar-refractivity contribution is 5.86. The molecule has 0 heterocycles. The third-order valence-electron chi connectivity index (χ3n) is 8.95. The van der Waals surface area contributed by atoms with E-state index in [0.29, 0.717) is 88.0 Å². The van der Waals surface area contributed by atoms with E-state index in [1.807, 2.05) is 12.1 Å². The number of hydrogen-bond acceptors (Lipinski definition) is 8. The van der Waals surface area contributed by atoms with E-state index in [1.54, 1.807) is 0 Å². The summed E-state index contributed by atoms with van der Waals surface area (Å²) in [5.74, 6) is 2.54. The van der Waals surface area contributed by atoms with Crippen LogP contribution in [0.1, 0.15) is 73.6 Å². The van der Waals surface area contributed by atoms with Crippen LogP contribution in [0, 0.1) is 0 Å². The zero-order chi connectivity index (χ0) is 34.3. The molecule has 4 aromatic carbocycles. The van der Waals surface area contributed by atoms with E-state index >= 15 is 0 Å². The van der Waals surface area contributed by atoms with Gasteiger partial charge in [0.2, 0.25) is 0 Å². The second kappa shape index (κ2) is 18.6. The molecule has 0 radical (unpaired) electrons. The number of fused-ring (bicyclic) bond motifs is 3. The molecule has 0 aromatic heterocycles. The van der Waals surface area contributed by atoms with Crippen molar-refractivity contribution in [2.24, 2.45) is 0 Å². The van der Waals surface area contributed by atoms with Crippen molar-refractivity contribution in [3.8, 4) is 34.1 Å². The highest BCUT2D eigenvalue weighted by Crippen LogP contribution is 2.57. The fourth-order valence-electron chi connectivity index (χ4n) is 6.55. The number of benzene rings is 4. The number of aliphatic hydroxyl groups excluding tert-OH is 4. The molecule has 1 aliphatic rings. The maximum Gasteiger partial charge on any atom is 0.161 e. The minimum Gasteiger partial charge on any atom is -0.490 e. The molecule has 0 aliphatic heterocycles. The second-order valence-corrected chi connectivity index (χ2v) is 12.3. The largest absolute Gasteiger partial charge is 0.490 e. The van der Waals surface area contributed by atoms with Gasteiger partial charge in [-0.1, -0.05) is 60.7 Å². The standard InChI is InChI=1S/C41H50O8/c42-21-5-9-25-46-37-19-17-31(29-39(37)48-27-11-7-23-44)41(35-15-3-1-13-33(35)34-14-2-4-16-36(34)41)32-18-20-38(47-26-10-6-22-43)40(30-32)49-28-12-8-24-45/h1-4,13-20,29-30,42-45H,5-12,21-28H2. The quantitative estimate of drug-likeness (QED) is 0.0605. The van der Waals surface area contributed by atoms with Crippen LogP contribution in [-0.2, 0) is 5.41 Å². The molecule has 5 rings (SSSR count). The summed E-state index contributed by atoms with van der Waals surface area (Å²) in [6.45, 7) is 2.24. The van der Waals surface area contributed by atoms with Crippen LogP contribution in [0.15, 0.2) is 84.9 Å². The van der Waals surface area contributed by atoms with Crippen LogP contribution in [0.2, 0.25) is 0 Å². The van der Waals surface area contributed by atoms with E-state index < -0.39 is 5.41 Å². The highest BCUT2D eigenvalue weighted by atomic mass is 16.5. The predicted molar refractivity (Wildman–Crippen MR) is 191 cm³/mol. The Balaban J connectivity index is 1.67. The van der Waals surface area contributed by atoms with Crippen LogP contribution < -0.4 is 18.9 Å². The molecule has 4 aromatic rings. The van der Waals surface area contributed by atoms with Gasteiger partial charge in [0.15, 0.2) is 23.0 Å². The van der Waals surface area contributed by atoms with E-state index in [0.717, 1.165) is 46.2 Å². The summed E-state index contributed by atoms with van der Waals surface area (Å²) < 4.78 is 25.1. The molecular formula is C41H50O8. The first-order valence-electron chi connectivity index (χ1n) is 17.6. The monoisotopic (exact) mass is 670 g/mol. The van der Waals surface area contributed by atoms with E-state index in [1.165, 1.54) is 0 Å².